The van der Waals surface area contributed by atoms with E-state index in [0.29, 0.717) is 13.1 Å². The Labute approximate surface area is 124 Å². The molecular formula is C16H20N2O3. The standard InChI is InChI=1S/C16H20N2O3/c1-20-14-7-12(8-15(9-14)21-2)10-18-11-16(19)13-3-5-17-6-4-13/h3-9,16,18-19H,10-11H2,1-2H3. The molecular weight excluding hydrogens is 268 g/mol. The Kier molecular flexibility index (Phi) is 5.54. The number of nitrogens with one attached hydrogen (secondary N) is 1. The van der Waals surface area contributed by atoms with Crippen LogP contribution in [0.3, 0.4) is 0 Å². The SMILES string of the molecule is COc1cc(CNCC(O)c2ccncc2)cc(OC)c1. The Morgan fingerprint density at radius 3 is 2.29 bits per heavy atom. The summed E-state index contributed by atoms with van der Waals surface area (Å²) in [7, 11) is 3.25. The van der Waals surface area contributed by atoms with Crippen molar-refractivity contribution >= 4 is 0 Å². The number of aliphatic hydroxyl groups is 1. The number of nitrogens with zero attached hydrogens (tertiary/aromatic N) is 1. The third kappa shape index (κ3) is 4.44. The van der Waals surface area contributed by atoms with Gasteiger partial charge in [-0.05, 0) is 35.4 Å². The second kappa shape index (κ2) is 7.61. The molecule has 0 amide bonds. The van der Waals surface area contributed by atoms with Gasteiger partial charge in [-0.3, -0.25) is 4.98 Å². The molecule has 1 aromatic heterocycles. The molecule has 0 spiro atoms. The molecule has 0 aliphatic heterocycles. The third-order valence-corrected chi connectivity index (χ3v) is 3.17. The zero-order chi connectivity index (χ0) is 15.1. The van der Waals surface area contributed by atoms with Crippen LogP contribution in [0.2, 0.25) is 0 Å². The maximum absolute atomic E-state index is 10.1. The number of rotatable bonds is 7. The van der Waals surface area contributed by atoms with E-state index in [4.69, 9.17) is 9.47 Å². The number of pyridine rings is 1. The predicted octanol–water partition coefficient (Wildman–Crippen LogP) is 1.92. The molecule has 1 unspecified atom stereocenters. The highest BCUT2D eigenvalue weighted by molar-refractivity contribution is 5.38. The van der Waals surface area contributed by atoms with Crippen LogP contribution in [0.15, 0.2) is 42.7 Å². The molecule has 1 atom stereocenters. The summed E-state index contributed by atoms with van der Waals surface area (Å²) >= 11 is 0. The minimum atomic E-state index is -0.555. The van der Waals surface area contributed by atoms with E-state index < -0.39 is 6.10 Å². The van der Waals surface area contributed by atoms with Crippen molar-refractivity contribution in [3.05, 3.63) is 53.9 Å². The molecule has 1 heterocycles. The molecule has 2 rings (SSSR count). The van der Waals surface area contributed by atoms with Crippen LogP contribution in [0, 0.1) is 0 Å². The monoisotopic (exact) mass is 288 g/mol. The summed E-state index contributed by atoms with van der Waals surface area (Å²) < 4.78 is 10.5. The predicted molar refractivity (Wildman–Crippen MR) is 80.4 cm³/mol. The average molecular weight is 288 g/mol. The summed E-state index contributed by atoms with van der Waals surface area (Å²) in [6, 6.07) is 9.32. The Morgan fingerprint density at radius 2 is 1.71 bits per heavy atom. The van der Waals surface area contributed by atoms with E-state index in [9.17, 15) is 5.11 Å². The molecule has 1 aromatic carbocycles. The van der Waals surface area contributed by atoms with Crippen molar-refractivity contribution in [3.63, 3.8) is 0 Å². The van der Waals surface area contributed by atoms with Gasteiger partial charge in [-0.1, -0.05) is 0 Å². The molecule has 2 N–H and O–H groups in total. The van der Waals surface area contributed by atoms with Crippen LogP contribution in [0.25, 0.3) is 0 Å². The molecule has 0 aliphatic rings. The molecule has 0 bridgehead atoms. The average Bonchev–Trinajstić information content (AvgIpc) is 2.55. The van der Waals surface area contributed by atoms with Gasteiger partial charge in [0.2, 0.25) is 0 Å². The van der Waals surface area contributed by atoms with Crippen LogP contribution in [-0.2, 0) is 6.54 Å². The van der Waals surface area contributed by atoms with Crippen molar-refractivity contribution in [2.24, 2.45) is 0 Å². The van der Waals surface area contributed by atoms with Crippen molar-refractivity contribution in [2.45, 2.75) is 12.6 Å². The fraction of sp³-hybridized carbons (Fsp3) is 0.312. The van der Waals surface area contributed by atoms with E-state index in [-0.39, 0.29) is 0 Å². The number of ether oxygens (including phenoxy) is 2. The number of aliphatic hydroxyl groups excluding tert-OH is 1. The van der Waals surface area contributed by atoms with E-state index in [1.54, 1.807) is 38.7 Å². The summed E-state index contributed by atoms with van der Waals surface area (Å²) in [5, 5.41) is 13.3. The largest absolute Gasteiger partial charge is 0.497 e. The fourth-order valence-electron chi connectivity index (χ4n) is 2.03. The van der Waals surface area contributed by atoms with Gasteiger partial charge in [0.05, 0.1) is 20.3 Å². The van der Waals surface area contributed by atoms with Gasteiger partial charge in [-0.15, -0.1) is 0 Å². The summed E-state index contributed by atoms with van der Waals surface area (Å²) in [6.45, 7) is 1.08. The minimum Gasteiger partial charge on any atom is -0.497 e. The van der Waals surface area contributed by atoms with Gasteiger partial charge in [-0.2, -0.15) is 0 Å². The first-order valence-electron chi connectivity index (χ1n) is 6.73. The van der Waals surface area contributed by atoms with Gasteiger partial charge in [0.1, 0.15) is 11.5 Å². The number of benzene rings is 1. The van der Waals surface area contributed by atoms with E-state index in [2.05, 4.69) is 10.3 Å². The maximum Gasteiger partial charge on any atom is 0.122 e. The smallest absolute Gasteiger partial charge is 0.122 e. The number of aromatic nitrogens is 1. The Balaban J connectivity index is 1.91. The molecule has 0 aliphatic carbocycles. The molecule has 5 heteroatoms. The summed E-state index contributed by atoms with van der Waals surface area (Å²) in [4.78, 5) is 3.93. The van der Waals surface area contributed by atoms with Crippen LogP contribution < -0.4 is 14.8 Å². The number of hydrogen-bond acceptors (Lipinski definition) is 5. The lowest BCUT2D eigenvalue weighted by atomic mass is 10.1. The quantitative estimate of drug-likeness (QED) is 0.815. The van der Waals surface area contributed by atoms with Crippen molar-refractivity contribution < 1.29 is 14.6 Å². The zero-order valence-corrected chi connectivity index (χ0v) is 12.2. The maximum atomic E-state index is 10.1. The first-order valence-corrected chi connectivity index (χ1v) is 6.73. The Bertz CT molecular complexity index is 538. The minimum absolute atomic E-state index is 0.462. The molecule has 0 saturated carbocycles. The fourth-order valence-corrected chi connectivity index (χ4v) is 2.03. The molecule has 0 fully saturated rings. The number of hydrogen-bond donors (Lipinski definition) is 2. The van der Waals surface area contributed by atoms with Gasteiger partial charge in [0.25, 0.3) is 0 Å². The Hall–Kier alpha value is -2.11. The summed E-state index contributed by atoms with van der Waals surface area (Å²) in [6.07, 6.45) is 2.79. The number of methoxy groups -OCH3 is 2. The van der Waals surface area contributed by atoms with Crippen molar-refractivity contribution in [1.29, 1.82) is 0 Å². The Morgan fingerprint density at radius 1 is 1.10 bits per heavy atom. The summed E-state index contributed by atoms with van der Waals surface area (Å²) in [5.74, 6) is 1.50. The normalized spacial score (nSPS) is 12.0. The second-order valence-electron chi connectivity index (χ2n) is 4.65. The highest BCUT2D eigenvalue weighted by Crippen LogP contribution is 2.22. The van der Waals surface area contributed by atoms with E-state index in [0.717, 1.165) is 22.6 Å². The topological polar surface area (TPSA) is 63.6 Å². The molecule has 5 nitrogen and oxygen atoms in total. The molecule has 112 valence electrons. The van der Waals surface area contributed by atoms with Crippen LogP contribution in [-0.4, -0.2) is 30.9 Å². The van der Waals surface area contributed by atoms with Gasteiger partial charge in [0, 0.05) is 31.5 Å². The lowest BCUT2D eigenvalue weighted by Crippen LogP contribution is -2.21. The highest BCUT2D eigenvalue weighted by atomic mass is 16.5. The molecule has 2 aromatic rings. The van der Waals surface area contributed by atoms with Crippen LogP contribution in [0.1, 0.15) is 17.2 Å². The first kappa shape index (κ1) is 15.3. The lowest BCUT2D eigenvalue weighted by Gasteiger charge is -2.13. The van der Waals surface area contributed by atoms with Gasteiger partial charge in [-0.25, -0.2) is 0 Å². The lowest BCUT2D eigenvalue weighted by molar-refractivity contribution is 0.174. The molecule has 21 heavy (non-hydrogen) atoms. The highest BCUT2D eigenvalue weighted by Gasteiger charge is 2.07. The molecule has 0 radical (unpaired) electrons. The second-order valence-corrected chi connectivity index (χ2v) is 4.65. The van der Waals surface area contributed by atoms with Crippen molar-refractivity contribution in [1.82, 2.24) is 10.3 Å². The van der Waals surface area contributed by atoms with Crippen LogP contribution in [0.4, 0.5) is 0 Å². The van der Waals surface area contributed by atoms with Gasteiger partial charge >= 0.3 is 0 Å². The molecule has 0 saturated heterocycles. The van der Waals surface area contributed by atoms with E-state index >= 15 is 0 Å². The van der Waals surface area contributed by atoms with Crippen molar-refractivity contribution in [3.8, 4) is 11.5 Å². The van der Waals surface area contributed by atoms with Crippen LogP contribution in [0.5, 0.6) is 11.5 Å². The summed E-state index contributed by atoms with van der Waals surface area (Å²) in [5.41, 5.74) is 1.88. The van der Waals surface area contributed by atoms with E-state index in [1.807, 2.05) is 18.2 Å². The van der Waals surface area contributed by atoms with E-state index in [1.165, 1.54) is 0 Å². The van der Waals surface area contributed by atoms with Crippen molar-refractivity contribution in [2.75, 3.05) is 20.8 Å². The van der Waals surface area contributed by atoms with Gasteiger partial charge < -0.3 is 19.9 Å². The zero-order valence-electron chi connectivity index (χ0n) is 12.2. The van der Waals surface area contributed by atoms with Gasteiger partial charge in [0.15, 0.2) is 0 Å². The first-order chi connectivity index (χ1) is 10.2. The van der Waals surface area contributed by atoms with Crippen LogP contribution >= 0.6 is 0 Å². The third-order valence-electron chi connectivity index (χ3n) is 3.17.